The first-order valence-electron chi connectivity index (χ1n) is 9.19. The van der Waals surface area contributed by atoms with E-state index in [1.165, 1.54) is 6.33 Å². The number of likely N-dealkylation sites (N-methyl/N-ethyl adjacent to an activating group) is 1. The smallest absolute Gasteiger partial charge is 0.245 e. The van der Waals surface area contributed by atoms with Crippen molar-refractivity contribution in [1.82, 2.24) is 29.2 Å². The highest BCUT2D eigenvalue weighted by atomic mass is 16.2. The lowest BCUT2D eigenvalue weighted by molar-refractivity contribution is -0.134. The Kier molecular flexibility index (Phi) is 4.65. The molecule has 0 aliphatic carbocycles. The molecule has 0 fully saturated rings. The van der Waals surface area contributed by atoms with Crippen LogP contribution >= 0.6 is 0 Å². The molecule has 0 bridgehead atoms. The monoisotopic (exact) mass is 374 g/mol. The number of para-hydroxylation sites is 2. The zero-order chi connectivity index (χ0) is 19.7. The maximum atomic E-state index is 13.1. The molecule has 0 radical (unpaired) electrons. The van der Waals surface area contributed by atoms with Crippen molar-refractivity contribution in [3.63, 3.8) is 0 Å². The van der Waals surface area contributed by atoms with E-state index < -0.39 is 0 Å². The maximum Gasteiger partial charge on any atom is 0.245 e. The van der Waals surface area contributed by atoms with E-state index >= 15 is 0 Å². The van der Waals surface area contributed by atoms with Crippen LogP contribution in [0.1, 0.15) is 31.5 Å². The molecule has 4 aromatic rings. The van der Waals surface area contributed by atoms with Crippen molar-refractivity contribution in [2.75, 3.05) is 7.05 Å². The van der Waals surface area contributed by atoms with Gasteiger partial charge in [-0.2, -0.15) is 5.10 Å². The van der Waals surface area contributed by atoms with Gasteiger partial charge in [-0.25, -0.2) is 14.6 Å². The fourth-order valence-corrected chi connectivity index (χ4v) is 3.36. The predicted octanol–water partition coefficient (Wildman–Crippen LogP) is 3.40. The summed E-state index contributed by atoms with van der Waals surface area (Å²) in [5.41, 5.74) is 3.84. The minimum atomic E-state index is -0.339. The quantitative estimate of drug-likeness (QED) is 0.537. The molecule has 7 nitrogen and oxygen atoms in total. The molecule has 2 aromatic carbocycles. The van der Waals surface area contributed by atoms with Crippen LogP contribution in [0.25, 0.3) is 16.7 Å². The first-order valence-corrected chi connectivity index (χ1v) is 9.19. The van der Waals surface area contributed by atoms with Gasteiger partial charge in [-0.3, -0.25) is 4.79 Å². The fourth-order valence-electron chi connectivity index (χ4n) is 3.36. The molecule has 2 aromatic heterocycles. The second-order valence-corrected chi connectivity index (χ2v) is 6.87. The summed E-state index contributed by atoms with van der Waals surface area (Å²) in [5, 5.41) is 4.13. The summed E-state index contributed by atoms with van der Waals surface area (Å²) in [6.07, 6.45) is 4.90. The highest BCUT2D eigenvalue weighted by molar-refractivity contribution is 5.83. The third-order valence-corrected chi connectivity index (χ3v) is 5.24. The summed E-state index contributed by atoms with van der Waals surface area (Å²) < 4.78 is 3.63. The van der Waals surface area contributed by atoms with Crippen molar-refractivity contribution >= 4 is 16.9 Å². The van der Waals surface area contributed by atoms with E-state index in [-0.39, 0.29) is 18.0 Å². The third kappa shape index (κ3) is 3.15. The maximum absolute atomic E-state index is 13.1. The van der Waals surface area contributed by atoms with Gasteiger partial charge < -0.3 is 9.47 Å². The van der Waals surface area contributed by atoms with Crippen LogP contribution in [0, 0.1) is 0 Å². The Bertz CT molecular complexity index is 1080. The van der Waals surface area contributed by atoms with Crippen LogP contribution in [0.5, 0.6) is 0 Å². The number of carbonyl (C=O) groups excluding carboxylic acids is 1. The number of aromatic nitrogens is 5. The van der Waals surface area contributed by atoms with E-state index in [4.69, 9.17) is 0 Å². The zero-order valence-corrected chi connectivity index (χ0v) is 16.1. The van der Waals surface area contributed by atoms with Gasteiger partial charge >= 0.3 is 0 Å². The number of carbonyl (C=O) groups is 1. The Hall–Kier alpha value is -3.48. The van der Waals surface area contributed by atoms with Crippen molar-refractivity contribution < 1.29 is 4.79 Å². The lowest BCUT2D eigenvalue weighted by Crippen LogP contribution is -2.35. The molecule has 0 aliphatic heterocycles. The van der Waals surface area contributed by atoms with Crippen LogP contribution < -0.4 is 0 Å². The molecule has 0 N–H and O–H groups in total. The average molecular weight is 374 g/mol. The number of nitrogens with zero attached hydrogens (tertiary/aromatic N) is 6. The molecule has 0 saturated carbocycles. The zero-order valence-electron chi connectivity index (χ0n) is 16.1. The van der Waals surface area contributed by atoms with Crippen molar-refractivity contribution in [2.24, 2.45) is 0 Å². The molecule has 0 aliphatic rings. The highest BCUT2D eigenvalue weighted by Crippen LogP contribution is 2.25. The number of amides is 1. The predicted molar refractivity (Wildman–Crippen MR) is 107 cm³/mol. The minimum absolute atomic E-state index is 0.0380. The molecule has 2 heterocycles. The summed E-state index contributed by atoms with van der Waals surface area (Å²) in [6, 6.07) is 15.4. The Balaban J connectivity index is 1.52. The first-order chi connectivity index (χ1) is 13.6. The van der Waals surface area contributed by atoms with Gasteiger partial charge in [-0.05, 0) is 43.7 Å². The molecule has 1 amide bonds. The molecule has 0 spiro atoms. The first kappa shape index (κ1) is 17.9. The Morgan fingerprint density at radius 2 is 1.79 bits per heavy atom. The van der Waals surface area contributed by atoms with Gasteiger partial charge in [-0.1, -0.05) is 24.3 Å². The van der Waals surface area contributed by atoms with Crippen LogP contribution in [0.2, 0.25) is 0 Å². The Morgan fingerprint density at radius 3 is 2.50 bits per heavy atom. The van der Waals surface area contributed by atoms with Gasteiger partial charge in [0.05, 0.1) is 29.1 Å². The lowest BCUT2D eigenvalue weighted by atomic mass is 10.1. The molecule has 4 rings (SSSR count). The summed E-state index contributed by atoms with van der Waals surface area (Å²) in [4.78, 5) is 23.3. The van der Waals surface area contributed by atoms with Crippen molar-refractivity contribution in [3.8, 4) is 5.69 Å². The highest BCUT2D eigenvalue weighted by Gasteiger charge is 2.24. The summed E-state index contributed by atoms with van der Waals surface area (Å²) in [7, 11) is 1.84. The number of rotatable bonds is 5. The second-order valence-electron chi connectivity index (χ2n) is 6.87. The molecule has 0 unspecified atom stereocenters. The molecule has 7 heteroatoms. The number of hydrogen-bond donors (Lipinski definition) is 0. The van der Waals surface area contributed by atoms with Gasteiger partial charge in [0.2, 0.25) is 5.91 Å². The van der Waals surface area contributed by atoms with E-state index in [1.807, 2.05) is 74.0 Å². The molecular weight excluding hydrogens is 352 g/mol. The van der Waals surface area contributed by atoms with Gasteiger partial charge in [0, 0.05) is 7.05 Å². The summed E-state index contributed by atoms with van der Waals surface area (Å²) in [5.74, 6) is 0.0380. The van der Waals surface area contributed by atoms with Crippen molar-refractivity contribution in [3.05, 3.63) is 73.1 Å². The molecule has 142 valence electrons. The van der Waals surface area contributed by atoms with E-state index in [2.05, 4.69) is 15.1 Å². The average Bonchev–Trinajstić information content (AvgIpc) is 3.42. The van der Waals surface area contributed by atoms with Gasteiger partial charge in [0.1, 0.15) is 18.7 Å². The van der Waals surface area contributed by atoms with E-state index in [0.717, 1.165) is 22.3 Å². The third-order valence-electron chi connectivity index (χ3n) is 5.24. The van der Waals surface area contributed by atoms with Crippen LogP contribution in [0.4, 0.5) is 0 Å². The van der Waals surface area contributed by atoms with Crippen molar-refractivity contribution in [2.45, 2.75) is 25.9 Å². The van der Waals surface area contributed by atoms with Crippen molar-refractivity contribution in [1.29, 1.82) is 0 Å². The normalized spacial score (nSPS) is 13.4. The van der Waals surface area contributed by atoms with E-state index in [1.54, 1.807) is 22.2 Å². The standard InChI is InChI=1S/C21H22N6O/c1-15(17-8-10-18(11-9-17)27-13-22-12-24-27)25(3)21(28)16(2)26-14-23-19-6-4-5-7-20(19)26/h4-16H,1-3H3/t15-,16+/m0/s1. The van der Waals surface area contributed by atoms with Crippen LogP contribution in [0.3, 0.4) is 0 Å². The fraction of sp³-hybridized carbons (Fsp3) is 0.238. The molecule has 2 atom stereocenters. The van der Waals surface area contributed by atoms with E-state index in [0.29, 0.717) is 0 Å². The lowest BCUT2D eigenvalue weighted by Gasteiger charge is -2.28. The summed E-state index contributed by atoms with van der Waals surface area (Å²) >= 11 is 0. The van der Waals surface area contributed by atoms with Crippen LogP contribution in [-0.4, -0.2) is 42.2 Å². The molecular formula is C21H22N6O. The number of fused-ring (bicyclic) bond motifs is 1. The van der Waals surface area contributed by atoms with Crippen LogP contribution in [0.15, 0.2) is 67.5 Å². The largest absolute Gasteiger partial charge is 0.337 e. The van der Waals surface area contributed by atoms with Gasteiger partial charge in [0.15, 0.2) is 0 Å². The number of hydrogen-bond acceptors (Lipinski definition) is 4. The number of imidazole rings is 1. The molecule has 0 saturated heterocycles. The Morgan fingerprint density at radius 1 is 1.04 bits per heavy atom. The molecule has 28 heavy (non-hydrogen) atoms. The minimum Gasteiger partial charge on any atom is -0.337 e. The number of benzene rings is 2. The van der Waals surface area contributed by atoms with E-state index in [9.17, 15) is 4.79 Å². The topological polar surface area (TPSA) is 68.8 Å². The van der Waals surface area contributed by atoms with Gasteiger partial charge in [0.25, 0.3) is 0 Å². The summed E-state index contributed by atoms with van der Waals surface area (Å²) in [6.45, 7) is 3.94. The Labute approximate surface area is 163 Å². The second kappa shape index (κ2) is 7.26. The van der Waals surface area contributed by atoms with Gasteiger partial charge in [-0.15, -0.1) is 0 Å². The van der Waals surface area contributed by atoms with Crippen LogP contribution in [-0.2, 0) is 4.79 Å². The SMILES string of the molecule is C[C@H](C(=O)N(C)[C@@H](C)c1ccc(-n2cncn2)cc1)n1cnc2ccccc21.